The first-order valence-electron chi connectivity index (χ1n) is 9.33. The Morgan fingerprint density at radius 1 is 1.11 bits per heavy atom. The number of carbonyl (C=O) groups excluding carboxylic acids is 2. The molecule has 2 aliphatic rings. The van der Waals surface area contributed by atoms with E-state index >= 15 is 0 Å². The molecule has 1 atom stereocenters. The van der Waals surface area contributed by atoms with Crippen LogP contribution in [0.15, 0.2) is 23.1 Å². The average molecular weight is 448 g/mol. The molecule has 2 amide bonds. The van der Waals surface area contributed by atoms with Crippen molar-refractivity contribution < 1.29 is 18.0 Å². The summed E-state index contributed by atoms with van der Waals surface area (Å²) < 4.78 is 27.1. The number of nitrogens with one attached hydrogen (secondary N) is 2. The van der Waals surface area contributed by atoms with Gasteiger partial charge in [-0.3, -0.25) is 9.59 Å². The molecule has 2 aliphatic heterocycles. The molecule has 1 aromatic rings. The van der Waals surface area contributed by atoms with Crippen LogP contribution in [0.2, 0.25) is 10.0 Å². The van der Waals surface area contributed by atoms with Crippen molar-refractivity contribution in [1.82, 2.24) is 14.9 Å². The molecule has 28 heavy (non-hydrogen) atoms. The Kier molecular flexibility index (Phi) is 6.85. The average Bonchev–Trinajstić information content (AvgIpc) is 2.86. The fraction of sp³-hybridized carbons (Fsp3) is 0.556. The van der Waals surface area contributed by atoms with Crippen LogP contribution in [0.4, 0.5) is 0 Å². The van der Waals surface area contributed by atoms with Crippen LogP contribution in [0, 0.1) is 5.92 Å². The van der Waals surface area contributed by atoms with Gasteiger partial charge in [-0.1, -0.05) is 29.3 Å². The van der Waals surface area contributed by atoms with E-state index in [2.05, 4.69) is 10.6 Å². The lowest BCUT2D eigenvalue weighted by Gasteiger charge is -2.31. The van der Waals surface area contributed by atoms with E-state index < -0.39 is 16.1 Å². The lowest BCUT2D eigenvalue weighted by Crippen LogP contribution is -2.49. The van der Waals surface area contributed by atoms with E-state index in [1.165, 1.54) is 16.4 Å². The summed E-state index contributed by atoms with van der Waals surface area (Å²) in [7, 11) is -3.84. The molecule has 7 nitrogen and oxygen atoms in total. The second-order valence-corrected chi connectivity index (χ2v) is 9.77. The monoisotopic (exact) mass is 447 g/mol. The smallest absolute Gasteiger partial charge is 0.246 e. The number of benzene rings is 1. The molecule has 0 aromatic heterocycles. The molecule has 2 heterocycles. The summed E-state index contributed by atoms with van der Waals surface area (Å²) in [6.07, 6.45) is 3.15. The Bertz CT molecular complexity index is 834. The molecule has 2 fully saturated rings. The van der Waals surface area contributed by atoms with Gasteiger partial charge in [0.05, 0.1) is 10.0 Å². The molecule has 0 aliphatic carbocycles. The van der Waals surface area contributed by atoms with Gasteiger partial charge in [0.15, 0.2) is 0 Å². The first kappa shape index (κ1) is 21.4. The maximum absolute atomic E-state index is 12.9. The minimum atomic E-state index is -3.84. The van der Waals surface area contributed by atoms with Gasteiger partial charge in [0, 0.05) is 25.6 Å². The molecule has 3 rings (SSSR count). The molecule has 10 heteroatoms. The van der Waals surface area contributed by atoms with Gasteiger partial charge in [-0.25, -0.2) is 8.42 Å². The molecular formula is C18H23Cl2N3O4S. The Hall–Kier alpha value is -1.35. The van der Waals surface area contributed by atoms with E-state index in [9.17, 15) is 18.0 Å². The number of piperidine rings is 1. The highest BCUT2D eigenvalue weighted by Gasteiger charge is 2.35. The fourth-order valence-corrected chi connectivity index (χ4v) is 6.14. The highest BCUT2D eigenvalue weighted by Crippen LogP contribution is 2.33. The Labute approximate surface area is 174 Å². The van der Waals surface area contributed by atoms with Gasteiger partial charge >= 0.3 is 0 Å². The summed E-state index contributed by atoms with van der Waals surface area (Å²) in [5.74, 6) is -0.682. The van der Waals surface area contributed by atoms with Crippen molar-refractivity contribution in [3.05, 3.63) is 28.2 Å². The zero-order valence-electron chi connectivity index (χ0n) is 15.3. The van der Waals surface area contributed by atoms with Gasteiger partial charge < -0.3 is 10.6 Å². The minimum absolute atomic E-state index is 0.0757. The molecule has 0 spiro atoms. The molecule has 1 aromatic carbocycles. The number of carbonyl (C=O) groups is 2. The lowest BCUT2D eigenvalue weighted by atomic mass is 9.96. The molecular weight excluding hydrogens is 425 g/mol. The second-order valence-electron chi connectivity index (χ2n) is 7.08. The van der Waals surface area contributed by atoms with Crippen molar-refractivity contribution in [2.24, 2.45) is 5.92 Å². The molecule has 0 radical (unpaired) electrons. The van der Waals surface area contributed by atoms with Crippen molar-refractivity contribution in [1.29, 1.82) is 0 Å². The predicted molar refractivity (Wildman–Crippen MR) is 107 cm³/mol. The van der Waals surface area contributed by atoms with Crippen LogP contribution < -0.4 is 10.6 Å². The third kappa shape index (κ3) is 4.62. The van der Waals surface area contributed by atoms with E-state index in [-0.39, 0.29) is 45.8 Å². The van der Waals surface area contributed by atoms with Crippen molar-refractivity contribution in [3.63, 3.8) is 0 Å². The van der Waals surface area contributed by atoms with Crippen LogP contribution in [0.5, 0.6) is 0 Å². The number of hydrogen-bond acceptors (Lipinski definition) is 4. The van der Waals surface area contributed by atoms with Gasteiger partial charge in [0.1, 0.15) is 10.9 Å². The van der Waals surface area contributed by atoms with E-state index in [1.54, 1.807) is 6.07 Å². The van der Waals surface area contributed by atoms with E-state index in [4.69, 9.17) is 23.2 Å². The van der Waals surface area contributed by atoms with Crippen molar-refractivity contribution >= 4 is 45.0 Å². The number of halogens is 2. The quantitative estimate of drug-likeness (QED) is 0.738. The van der Waals surface area contributed by atoms with Crippen LogP contribution in [0.3, 0.4) is 0 Å². The van der Waals surface area contributed by atoms with Crippen LogP contribution in [-0.2, 0) is 19.6 Å². The van der Waals surface area contributed by atoms with Gasteiger partial charge in [0.2, 0.25) is 21.8 Å². The summed E-state index contributed by atoms with van der Waals surface area (Å²) in [4.78, 5) is 24.5. The normalized spacial score (nSPS) is 22.4. The molecule has 2 saturated heterocycles. The summed E-state index contributed by atoms with van der Waals surface area (Å²) in [6, 6.07) is 4.04. The standard InChI is InChI=1S/C18H23Cl2N3O4S/c19-13-4-3-5-14(20)16(13)28(26,27)23-10-7-12(8-11-23)17(24)22-15-6-1-2-9-21-18(15)25/h3-5,12,15H,1-2,6-11H2,(H,21,25)(H,22,24). The van der Waals surface area contributed by atoms with E-state index in [0.717, 1.165) is 12.8 Å². The summed E-state index contributed by atoms with van der Waals surface area (Å²) in [5, 5.41) is 5.76. The number of amides is 2. The Morgan fingerprint density at radius 3 is 2.39 bits per heavy atom. The summed E-state index contributed by atoms with van der Waals surface area (Å²) >= 11 is 12.1. The number of nitrogens with zero attached hydrogens (tertiary/aromatic N) is 1. The topological polar surface area (TPSA) is 95.6 Å². The molecule has 2 N–H and O–H groups in total. The molecule has 154 valence electrons. The SMILES string of the molecule is O=C(NC1CCCCNC1=O)C1CCN(S(=O)(=O)c2c(Cl)cccc2Cl)CC1. The Balaban J connectivity index is 1.62. The maximum Gasteiger partial charge on any atom is 0.246 e. The van der Waals surface area contributed by atoms with Crippen LogP contribution >= 0.6 is 23.2 Å². The molecule has 1 unspecified atom stereocenters. The van der Waals surface area contributed by atoms with Gasteiger partial charge in [0.25, 0.3) is 0 Å². The van der Waals surface area contributed by atoms with Crippen molar-refractivity contribution in [2.45, 2.75) is 43.0 Å². The van der Waals surface area contributed by atoms with E-state index in [1.807, 2.05) is 0 Å². The third-order valence-electron chi connectivity index (χ3n) is 5.19. The third-order valence-corrected chi connectivity index (χ3v) is 8.05. The summed E-state index contributed by atoms with van der Waals surface area (Å²) in [6.45, 7) is 1.02. The molecule has 0 saturated carbocycles. The van der Waals surface area contributed by atoms with Gasteiger partial charge in [-0.2, -0.15) is 4.31 Å². The number of rotatable bonds is 4. The number of hydrogen-bond donors (Lipinski definition) is 2. The second kappa shape index (κ2) is 8.98. The molecule has 0 bridgehead atoms. The Morgan fingerprint density at radius 2 is 1.75 bits per heavy atom. The van der Waals surface area contributed by atoms with Gasteiger partial charge in [-0.15, -0.1) is 0 Å². The highest BCUT2D eigenvalue weighted by molar-refractivity contribution is 7.89. The minimum Gasteiger partial charge on any atom is -0.354 e. The summed E-state index contributed by atoms with van der Waals surface area (Å²) in [5.41, 5.74) is 0. The largest absolute Gasteiger partial charge is 0.354 e. The lowest BCUT2D eigenvalue weighted by molar-refractivity contribution is -0.131. The van der Waals surface area contributed by atoms with Crippen LogP contribution in [-0.4, -0.2) is 50.2 Å². The van der Waals surface area contributed by atoms with Crippen LogP contribution in [0.1, 0.15) is 32.1 Å². The number of sulfonamides is 1. The first-order valence-corrected chi connectivity index (χ1v) is 11.5. The zero-order chi connectivity index (χ0) is 20.3. The predicted octanol–water partition coefficient (Wildman–Crippen LogP) is 2.18. The fourth-order valence-electron chi connectivity index (χ4n) is 3.58. The highest BCUT2D eigenvalue weighted by atomic mass is 35.5. The van der Waals surface area contributed by atoms with Crippen LogP contribution in [0.25, 0.3) is 0 Å². The van der Waals surface area contributed by atoms with Gasteiger partial charge in [-0.05, 0) is 44.2 Å². The van der Waals surface area contributed by atoms with E-state index in [0.29, 0.717) is 25.8 Å². The van der Waals surface area contributed by atoms with Crippen molar-refractivity contribution in [3.8, 4) is 0 Å². The zero-order valence-corrected chi connectivity index (χ0v) is 17.6. The first-order chi connectivity index (χ1) is 13.3. The van der Waals surface area contributed by atoms with Crippen molar-refractivity contribution in [2.75, 3.05) is 19.6 Å². The maximum atomic E-state index is 12.9.